The number of aryl methyl sites for hydroxylation is 3. The van der Waals surface area contributed by atoms with Crippen LogP contribution in [0, 0.1) is 45.2 Å². The summed E-state index contributed by atoms with van der Waals surface area (Å²) in [6.07, 6.45) is 15.6. The standard InChI is InChI=1S/C25H21N2OSi.C21H21N2OSi.C20H18NO2SSi.C19H17N2OSi.4C5H8O2.4Ir/c1-17-9-12-21-22-15-18(10-14-24(22)28-25(21)27-17)23-13-11-20(16-26-23)29(2,3)19-7-5-4-6-8-19;1-13-10-18-17-11-15(6-9-20(17)24-21(18)14(2)23-13)19-8-7-16(12-22-19)25(3,4)5;1-25(2,3)15-10-11-21-18(13-15)14-8-9-20-17(12-14)16-6-4-5-7-19(16)24(20,22)23;1-23(2,3)14-8-9-17(20-12-14)13-10-16-15-6-4-5-7-18(15)22-19(16)21-11-13;4*1-4(6)3-5(2)7;;;;/h4-9,11-16H,1-3H3;7-12H,1-5H3;4-7,9-13H,1-3H3;4-10,12H,1-3H3;4*3,6H,1-2H3;;;;/q4*-1;;;;;;;;. The maximum atomic E-state index is 12.7. The van der Waals surface area contributed by atoms with Gasteiger partial charge < -0.3 is 58.6 Å². The van der Waals surface area contributed by atoms with Crippen LogP contribution < -0.4 is 25.9 Å². The average molecular weight is 2590 g/mol. The van der Waals surface area contributed by atoms with E-state index in [9.17, 15) is 27.6 Å². The molecule has 0 saturated carbocycles. The van der Waals surface area contributed by atoms with Gasteiger partial charge in [0.05, 0.1) is 69.0 Å². The summed E-state index contributed by atoms with van der Waals surface area (Å²) in [6, 6.07) is 72.4. The maximum Gasteiger partial charge on any atom is 0.216 e. The van der Waals surface area contributed by atoms with E-state index >= 15 is 0 Å². The third kappa shape index (κ3) is 29.8. The number of benzene rings is 6. The topological polar surface area (TPSA) is 313 Å². The number of nitrogens with zero attached hydrogens (tertiary/aromatic N) is 7. The Morgan fingerprint density at radius 3 is 1.30 bits per heavy atom. The van der Waals surface area contributed by atoms with Crippen molar-refractivity contribution in [3.05, 3.63) is 302 Å². The fourth-order valence-corrected chi connectivity index (χ4v) is 21.1. The molecule has 0 unspecified atom stereocenters. The minimum Gasteiger partial charge on any atom is -0.512 e. The number of carbonyl (C=O) groups excluding carboxylic acids is 4. The van der Waals surface area contributed by atoms with Gasteiger partial charge in [0.2, 0.25) is 5.71 Å². The summed E-state index contributed by atoms with van der Waals surface area (Å²) in [5.41, 5.74) is 16.3. The molecule has 4 N–H and O–H groups in total. The van der Waals surface area contributed by atoms with E-state index in [1.807, 2.05) is 106 Å². The molecule has 4 radical (unpaired) electrons. The second kappa shape index (κ2) is 48.5. The van der Waals surface area contributed by atoms with E-state index < -0.39 is 42.1 Å². The van der Waals surface area contributed by atoms with Gasteiger partial charge in [-0.15, -0.1) is 82.9 Å². The Hall–Kier alpha value is -11.0. The normalized spacial score (nSPS) is 12.1. The number of sulfone groups is 1. The largest absolute Gasteiger partial charge is 0.512 e. The van der Waals surface area contributed by atoms with Gasteiger partial charge in [-0.1, -0.05) is 208 Å². The van der Waals surface area contributed by atoms with Crippen LogP contribution in [0.5, 0.6) is 0 Å². The van der Waals surface area contributed by atoms with Crippen LogP contribution in [0.4, 0.5) is 0 Å². The van der Waals surface area contributed by atoms with Crippen molar-refractivity contribution in [1.82, 2.24) is 34.9 Å². The summed E-state index contributed by atoms with van der Waals surface area (Å²) < 4.78 is 43.0. The summed E-state index contributed by atoms with van der Waals surface area (Å²) in [6.45, 7) is 42.9. The second-order valence-electron chi connectivity index (χ2n) is 35.3. The summed E-state index contributed by atoms with van der Waals surface area (Å²) >= 11 is 0. The number of aromatic nitrogens is 7. The van der Waals surface area contributed by atoms with Crippen LogP contribution in [0.3, 0.4) is 0 Å². The molecule has 20 nitrogen and oxygen atoms in total. The molecule has 6 aromatic carbocycles. The molecule has 1 aliphatic heterocycles. The first-order valence-corrected chi connectivity index (χ1v) is 57.1. The Balaban J connectivity index is 0.000000248. The summed E-state index contributed by atoms with van der Waals surface area (Å²) in [7, 11) is -9.30. The first-order valence-electron chi connectivity index (χ1n) is 42.1. The predicted molar refractivity (Wildman–Crippen MR) is 535 cm³/mol. The Kier molecular flexibility index (Phi) is 40.4. The fourth-order valence-electron chi connectivity index (χ4n) is 14.0. The number of para-hydroxylation sites is 1. The van der Waals surface area contributed by atoms with E-state index in [-0.39, 0.29) is 127 Å². The van der Waals surface area contributed by atoms with E-state index in [2.05, 4.69) is 236 Å². The number of aliphatic hydroxyl groups is 4. The number of pyridine rings is 7. The van der Waals surface area contributed by atoms with Gasteiger partial charge in [-0.3, -0.25) is 24.2 Å². The SMILES string of the molecule is CC(=O)C=C(C)O.CC(=O)C=C(C)O.CC(=O)C=C(C)O.CC(=O)C=C(C)O.C[Si](C)(C)c1ccc(-c2[c-]nc3oc4ccccc4c3c2)nc1.C[Si](C)(C)c1ccnc(-c2[c-]cc3c(c2)-c2ccccc2S3(=O)=O)c1.Cc1cc2c(oc3c[c-]c(-c4ccc([Si](C)(C)C)cn4)cc32)c(C)n1.Cc1ccc2c(n1)oc1c[c-]c(-c3ccc([Si](C)(C)c4ccccc4)cn3)cc12.[Ir].[Ir].[Ir].[Ir]. The molecule has 0 amide bonds. The van der Waals surface area contributed by atoms with Gasteiger partial charge in [0.25, 0.3) is 0 Å². The van der Waals surface area contributed by atoms with Gasteiger partial charge in [-0.2, -0.15) is 0 Å². The Morgan fingerprint density at radius 1 is 0.358 bits per heavy atom. The zero-order chi connectivity index (χ0) is 95.1. The van der Waals surface area contributed by atoms with Crippen molar-refractivity contribution in [3.63, 3.8) is 0 Å². The maximum absolute atomic E-state index is 12.7. The van der Waals surface area contributed by atoms with Crippen LogP contribution in [-0.4, -0.2) is 119 Å². The quantitative estimate of drug-likeness (QED) is 0.0361. The number of ketones is 4. The van der Waals surface area contributed by atoms with Crippen LogP contribution in [0.2, 0.25) is 72.0 Å². The molecule has 134 heavy (non-hydrogen) atoms. The van der Waals surface area contributed by atoms with Crippen molar-refractivity contribution in [2.45, 2.75) is 158 Å². The van der Waals surface area contributed by atoms with Gasteiger partial charge in [0.15, 0.2) is 33.0 Å². The van der Waals surface area contributed by atoms with Crippen molar-refractivity contribution < 1.29 is 142 Å². The number of carbonyl (C=O) groups is 4. The third-order valence-electron chi connectivity index (χ3n) is 20.6. The van der Waals surface area contributed by atoms with Gasteiger partial charge in [-0.05, 0) is 173 Å². The molecule has 0 saturated heterocycles. The molecule has 1 aliphatic rings. The number of fused-ring (bicyclic) bond motifs is 12. The van der Waals surface area contributed by atoms with Gasteiger partial charge in [-0.25, -0.2) is 13.4 Å². The number of rotatable bonds is 13. The molecule has 29 heteroatoms. The van der Waals surface area contributed by atoms with Crippen LogP contribution in [0.1, 0.15) is 72.5 Å². The first-order chi connectivity index (χ1) is 61.2. The van der Waals surface area contributed by atoms with E-state index in [1.54, 1.807) is 18.2 Å². The molecule has 16 aromatic rings. The Bertz CT molecular complexity index is 7000. The Morgan fingerprint density at radius 2 is 0.806 bits per heavy atom. The van der Waals surface area contributed by atoms with Crippen molar-refractivity contribution in [3.8, 4) is 56.2 Å². The zero-order valence-corrected chi connectivity index (χ0v) is 93.2. The van der Waals surface area contributed by atoms with Crippen molar-refractivity contribution in [2.75, 3.05) is 0 Å². The van der Waals surface area contributed by atoms with E-state index in [4.69, 9.17) is 38.7 Å². The van der Waals surface area contributed by atoms with E-state index in [0.717, 1.165) is 128 Å². The minimum atomic E-state index is -3.44. The molecule has 17 rings (SSSR count). The Labute approximate surface area is 842 Å². The number of allylic oxidation sites excluding steroid dienone is 8. The number of hydrogen-bond donors (Lipinski definition) is 4. The van der Waals surface area contributed by atoms with Gasteiger partial charge >= 0.3 is 0 Å². The summed E-state index contributed by atoms with van der Waals surface area (Å²) in [4.78, 5) is 72.7. The molecule has 0 fully saturated rings. The molecule has 0 aliphatic carbocycles. The van der Waals surface area contributed by atoms with Crippen LogP contribution in [0.15, 0.2) is 283 Å². The zero-order valence-electron chi connectivity index (χ0n) is 78.9. The number of furan rings is 3. The molecule has 704 valence electrons. The van der Waals surface area contributed by atoms with E-state index in [0.29, 0.717) is 21.2 Å². The van der Waals surface area contributed by atoms with Crippen molar-refractivity contribution >= 4 is 157 Å². The van der Waals surface area contributed by atoms with E-state index in [1.165, 1.54) is 106 Å². The molecule has 11 heterocycles. The molecular formula is C105H109Ir4N7O13SSi4-4. The third-order valence-corrected chi connectivity index (χ3v) is 32.0. The van der Waals surface area contributed by atoms with Crippen LogP contribution in [0.25, 0.3) is 122 Å². The monoisotopic (exact) mass is 2590 g/mol. The summed E-state index contributed by atoms with van der Waals surface area (Å²) in [5, 5.41) is 46.6. The van der Waals surface area contributed by atoms with Crippen LogP contribution >= 0.6 is 0 Å². The van der Waals surface area contributed by atoms with Gasteiger partial charge in [0.1, 0.15) is 25.0 Å². The minimum absolute atomic E-state index is 0. The summed E-state index contributed by atoms with van der Waals surface area (Å²) in [5.74, 6) is -0.250. The second-order valence-corrected chi connectivity index (χ2v) is 56.8. The smallest absolute Gasteiger partial charge is 0.216 e. The fraction of sp³-hybridized carbons (Fsp3) is 0.210. The van der Waals surface area contributed by atoms with Crippen molar-refractivity contribution in [2.24, 2.45) is 0 Å². The molecule has 0 bridgehead atoms. The molecule has 0 spiro atoms. The first kappa shape index (κ1) is 112. The molecular weight excluding hydrogens is 2480 g/mol. The number of aliphatic hydroxyl groups excluding tert-OH is 4. The van der Waals surface area contributed by atoms with Crippen LogP contribution in [-0.2, 0) is 109 Å². The average Bonchev–Trinajstić information content (AvgIpc) is 1.58. The number of hydrogen-bond acceptors (Lipinski definition) is 20. The predicted octanol–water partition coefficient (Wildman–Crippen LogP) is 22.4. The molecule has 0 atom stereocenters. The van der Waals surface area contributed by atoms with Gasteiger partial charge in [0, 0.05) is 157 Å². The molecule has 10 aromatic heterocycles. The van der Waals surface area contributed by atoms with Crippen molar-refractivity contribution in [1.29, 1.82) is 0 Å².